The second kappa shape index (κ2) is 6.88. The Hall–Kier alpha value is -2.98. The molecule has 0 saturated carbocycles. The molecule has 1 fully saturated rings. The third-order valence-corrected chi connectivity index (χ3v) is 4.80. The number of hydrogen-bond acceptors (Lipinski definition) is 7. The zero-order valence-electron chi connectivity index (χ0n) is 14.7. The summed E-state index contributed by atoms with van der Waals surface area (Å²) in [6.07, 6.45) is 1.52. The Labute approximate surface area is 163 Å². The fourth-order valence-electron chi connectivity index (χ4n) is 3.15. The Kier molecular flexibility index (Phi) is 4.21. The summed E-state index contributed by atoms with van der Waals surface area (Å²) >= 11 is 6.24. The summed E-state index contributed by atoms with van der Waals surface area (Å²) in [7, 11) is 0. The van der Waals surface area contributed by atoms with Crippen molar-refractivity contribution in [1.82, 2.24) is 29.5 Å². The number of ether oxygens (including phenoxy) is 1. The second-order valence-corrected chi connectivity index (χ2v) is 6.75. The van der Waals surface area contributed by atoms with E-state index in [1.807, 2.05) is 4.90 Å². The van der Waals surface area contributed by atoms with Gasteiger partial charge >= 0.3 is 0 Å². The Bertz CT molecular complexity index is 1150. The highest BCUT2D eigenvalue weighted by Crippen LogP contribution is 2.22. The summed E-state index contributed by atoms with van der Waals surface area (Å²) in [5.41, 5.74) is 1.46. The van der Waals surface area contributed by atoms with Gasteiger partial charge in [-0.05, 0) is 12.1 Å². The number of aromatic nitrogens is 6. The molecule has 1 aliphatic rings. The number of halogens is 2. The van der Waals surface area contributed by atoms with E-state index in [1.54, 1.807) is 12.1 Å². The van der Waals surface area contributed by atoms with Crippen molar-refractivity contribution in [3.8, 4) is 0 Å². The van der Waals surface area contributed by atoms with Gasteiger partial charge in [-0.2, -0.15) is 19.6 Å². The maximum atomic E-state index is 13.9. The van der Waals surface area contributed by atoms with Crippen LogP contribution in [0.25, 0.3) is 16.7 Å². The van der Waals surface area contributed by atoms with Crippen LogP contribution >= 0.6 is 11.6 Å². The Morgan fingerprint density at radius 3 is 2.89 bits per heavy atom. The van der Waals surface area contributed by atoms with Gasteiger partial charge in [0.1, 0.15) is 16.4 Å². The maximum absolute atomic E-state index is 13.9. The third kappa shape index (κ3) is 3.00. The van der Waals surface area contributed by atoms with Crippen LogP contribution in [-0.2, 0) is 11.3 Å². The van der Waals surface area contributed by atoms with Gasteiger partial charge in [-0.25, -0.2) is 9.37 Å². The molecule has 28 heavy (non-hydrogen) atoms. The van der Waals surface area contributed by atoms with E-state index in [-0.39, 0.29) is 5.82 Å². The van der Waals surface area contributed by atoms with Crippen LogP contribution in [0.2, 0.25) is 5.02 Å². The zero-order valence-corrected chi connectivity index (χ0v) is 15.4. The van der Waals surface area contributed by atoms with Crippen LogP contribution in [0.15, 0.2) is 24.4 Å². The smallest absolute Gasteiger partial charge is 0.230 e. The quantitative estimate of drug-likeness (QED) is 0.540. The van der Waals surface area contributed by atoms with Crippen LogP contribution < -0.4 is 10.2 Å². The molecule has 3 aromatic heterocycles. The van der Waals surface area contributed by atoms with Gasteiger partial charge in [0.25, 0.3) is 0 Å². The maximum Gasteiger partial charge on any atom is 0.230 e. The average Bonchev–Trinajstić information content (AvgIpc) is 3.31. The standard InChI is InChI=1S/C17H16ClFN8O/c18-10-8-21-27-15(10)24-17(26-4-6-28-7-5-26)25-16(27)20-9-13-22-12-3-1-2-11(19)14(12)23-13/h1-3,8H,4-7,9H2,(H,22,23)(H,20,24,25). The molecule has 9 nitrogen and oxygen atoms in total. The molecule has 4 heterocycles. The molecule has 0 spiro atoms. The van der Waals surface area contributed by atoms with Gasteiger partial charge < -0.3 is 19.9 Å². The van der Waals surface area contributed by atoms with Gasteiger partial charge in [-0.3, -0.25) is 0 Å². The molecule has 11 heteroatoms. The fraction of sp³-hybridized carbons (Fsp3) is 0.294. The molecular formula is C17H16ClFN8O. The molecule has 0 radical (unpaired) electrons. The molecule has 1 aromatic carbocycles. The predicted molar refractivity (Wildman–Crippen MR) is 102 cm³/mol. The first-order valence-corrected chi connectivity index (χ1v) is 9.18. The lowest BCUT2D eigenvalue weighted by molar-refractivity contribution is 0.122. The number of fused-ring (bicyclic) bond motifs is 2. The van der Waals surface area contributed by atoms with E-state index in [9.17, 15) is 4.39 Å². The molecular weight excluding hydrogens is 387 g/mol. The molecule has 0 bridgehead atoms. The highest BCUT2D eigenvalue weighted by Gasteiger charge is 2.19. The molecule has 1 aliphatic heterocycles. The van der Waals surface area contributed by atoms with Crippen LogP contribution in [-0.4, -0.2) is 55.9 Å². The van der Waals surface area contributed by atoms with E-state index in [0.717, 1.165) is 0 Å². The Balaban J connectivity index is 1.47. The number of aromatic amines is 1. The number of benzene rings is 1. The number of rotatable bonds is 4. The number of hydrogen-bond donors (Lipinski definition) is 2. The van der Waals surface area contributed by atoms with Gasteiger partial charge in [-0.1, -0.05) is 17.7 Å². The monoisotopic (exact) mass is 402 g/mol. The highest BCUT2D eigenvalue weighted by molar-refractivity contribution is 6.33. The molecule has 0 aliphatic carbocycles. The van der Waals surface area contributed by atoms with Crippen molar-refractivity contribution in [2.45, 2.75) is 6.54 Å². The number of morpholine rings is 1. The van der Waals surface area contributed by atoms with E-state index >= 15 is 0 Å². The summed E-state index contributed by atoms with van der Waals surface area (Å²) in [4.78, 5) is 18.6. The topological polar surface area (TPSA) is 96.3 Å². The first-order chi connectivity index (χ1) is 13.7. The number of H-pyrrole nitrogens is 1. The van der Waals surface area contributed by atoms with E-state index in [4.69, 9.17) is 16.3 Å². The number of para-hydroxylation sites is 1. The van der Waals surface area contributed by atoms with E-state index < -0.39 is 0 Å². The summed E-state index contributed by atoms with van der Waals surface area (Å²) < 4.78 is 20.8. The van der Waals surface area contributed by atoms with Crippen molar-refractivity contribution < 1.29 is 9.13 Å². The van der Waals surface area contributed by atoms with Gasteiger partial charge in [0, 0.05) is 13.1 Å². The van der Waals surface area contributed by atoms with Crippen LogP contribution in [0, 0.1) is 5.82 Å². The predicted octanol–water partition coefficient (Wildman–Crippen LogP) is 2.24. The molecule has 0 amide bonds. The van der Waals surface area contributed by atoms with Crippen molar-refractivity contribution in [3.05, 3.63) is 41.1 Å². The van der Waals surface area contributed by atoms with Crippen LogP contribution in [0.3, 0.4) is 0 Å². The lowest BCUT2D eigenvalue weighted by Crippen LogP contribution is -2.37. The van der Waals surface area contributed by atoms with E-state index in [1.165, 1.54) is 16.8 Å². The van der Waals surface area contributed by atoms with Crippen molar-refractivity contribution in [2.24, 2.45) is 0 Å². The van der Waals surface area contributed by atoms with Crippen molar-refractivity contribution in [3.63, 3.8) is 0 Å². The number of nitrogens with one attached hydrogen (secondary N) is 2. The minimum atomic E-state index is -0.363. The van der Waals surface area contributed by atoms with Crippen LogP contribution in [0.5, 0.6) is 0 Å². The molecule has 0 unspecified atom stereocenters. The largest absolute Gasteiger partial charge is 0.378 e. The van der Waals surface area contributed by atoms with E-state index in [2.05, 4.69) is 30.4 Å². The molecule has 144 valence electrons. The lowest BCUT2D eigenvalue weighted by atomic mass is 10.3. The number of nitrogens with zero attached hydrogens (tertiary/aromatic N) is 6. The fourth-order valence-corrected chi connectivity index (χ4v) is 3.32. The highest BCUT2D eigenvalue weighted by atomic mass is 35.5. The van der Waals surface area contributed by atoms with Crippen molar-refractivity contribution >= 4 is 40.2 Å². The lowest BCUT2D eigenvalue weighted by Gasteiger charge is -2.27. The average molecular weight is 403 g/mol. The van der Waals surface area contributed by atoms with Crippen LogP contribution in [0.4, 0.5) is 16.3 Å². The Morgan fingerprint density at radius 2 is 2.07 bits per heavy atom. The minimum absolute atomic E-state index is 0.306. The SMILES string of the molecule is Fc1cccc2[nH]c(CNc3nc(N4CCOCC4)nc4c(Cl)cnn34)nc12. The normalized spacial score (nSPS) is 14.9. The molecule has 2 N–H and O–H groups in total. The number of imidazole rings is 1. The molecule has 4 aromatic rings. The van der Waals surface area contributed by atoms with Gasteiger partial charge in [0.15, 0.2) is 11.5 Å². The second-order valence-electron chi connectivity index (χ2n) is 6.35. The molecule has 0 atom stereocenters. The van der Waals surface area contributed by atoms with Crippen LogP contribution in [0.1, 0.15) is 5.82 Å². The first kappa shape index (κ1) is 17.1. The summed E-state index contributed by atoms with van der Waals surface area (Å²) in [6.45, 7) is 2.94. The summed E-state index contributed by atoms with van der Waals surface area (Å²) in [5.74, 6) is 1.24. The minimum Gasteiger partial charge on any atom is -0.378 e. The summed E-state index contributed by atoms with van der Waals surface area (Å²) in [5, 5.41) is 7.87. The van der Waals surface area contributed by atoms with Crippen molar-refractivity contribution in [1.29, 1.82) is 0 Å². The van der Waals surface area contributed by atoms with E-state index in [0.29, 0.717) is 72.3 Å². The first-order valence-electron chi connectivity index (χ1n) is 8.80. The molecule has 1 saturated heterocycles. The third-order valence-electron chi connectivity index (χ3n) is 4.53. The van der Waals surface area contributed by atoms with Crippen molar-refractivity contribution in [2.75, 3.05) is 36.5 Å². The molecule has 5 rings (SSSR count). The zero-order chi connectivity index (χ0) is 19.1. The Morgan fingerprint density at radius 1 is 1.21 bits per heavy atom. The van der Waals surface area contributed by atoms with Gasteiger partial charge in [0.05, 0.1) is 31.5 Å². The summed E-state index contributed by atoms with van der Waals surface area (Å²) in [6, 6.07) is 4.80. The number of anilines is 2. The van der Waals surface area contributed by atoms with Gasteiger partial charge in [-0.15, -0.1) is 0 Å². The van der Waals surface area contributed by atoms with Gasteiger partial charge in [0.2, 0.25) is 11.9 Å².